The summed E-state index contributed by atoms with van der Waals surface area (Å²) in [6.45, 7) is 0.700. The topological polar surface area (TPSA) is 38.0 Å². The van der Waals surface area contributed by atoms with Crippen molar-refractivity contribution in [1.29, 1.82) is 0 Å². The molecule has 2 aromatic heterocycles. The molecule has 0 unspecified atom stereocenters. The van der Waals surface area contributed by atoms with Gasteiger partial charge in [0.1, 0.15) is 6.61 Å². The van der Waals surface area contributed by atoms with Gasteiger partial charge < -0.3 is 9.67 Å². The molecule has 3 nitrogen and oxygen atoms in total. The van der Waals surface area contributed by atoms with Crippen molar-refractivity contribution >= 4 is 22.4 Å². The maximum atomic E-state index is 8.68. The third-order valence-corrected chi connectivity index (χ3v) is 3.79. The molecule has 0 spiro atoms. The summed E-state index contributed by atoms with van der Waals surface area (Å²) in [5.74, 6) is 5.59. The van der Waals surface area contributed by atoms with Crippen LogP contribution in [-0.4, -0.2) is 21.3 Å². The van der Waals surface area contributed by atoms with Crippen LogP contribution >= 0.6 is 11.3 Å². The number of aromatic nitrogens is 2. The first-order valence-corrected chi connectivity index (χ1v) is 6.77. The highest BCUT2D eigenvalue weighted by Gasteiger charge is 2.04. The van der Waals surface area contributed by atoms with Crippen LogP contribution < -0.4 is 0 Å². The lowest BCUT2D eigenvalue weighted by Crippen LogP contribution is -1.94. The Bertz CT molecular complexity index is 761. The molecular weight excluding hydrogens is 256 g/mol. The number of thiophene rings is 1. The van der Waals surface area contributed by atoms with Crippen molar-refractivity contribution < 1.29 is 5.11 Å². The molecule has 0 aliphatic heterocycles. The van der Waals surface area contributed by atoms with E-state index in [-0.39, 0.29) is 6.61 Å². The molecule has 0 amide bonds. The van der Waals surface area contributed by atoms with Crippen LogP contribution in [0.15, 0.2) is 42.7 Å². The summed E-state index contributed by atoms with van der Waals surface area (Å²) < 4.78 is 2.13. The zero-order valence-corrected chi connectivity index (χ0v) is 11.0. The van der Waals surface area contributed by atoms with Gasteiger partial charge in [0.05, 0.1) is 28.8 Å². The highest BCUT2D eigenvalue weighted by Crippen LogP contribution is 2.19. The molecule has 4 heteroatoms. The summed E-state index contributed by atoms with van der Waals surface area (Å²) in [5.41, 5.74) is 2.15. The summed E-state index contributed by atoms with van der Waals surface area (Å²) in [6.07, 6.45) is 1.86. The smallest absolute Gasteiger partial charge is 0.104 e. The van der Waals surface area contributed by atoms with Gasteiger partial charge in [0.2, 0.25) is 0 Å². The normalized spacial score (nSPS) is 10.4. The van der Waals surface area contributed by atoms with Gasteiger partial charge in [-0.25, -0.2) is 4.98 Å². The minimum atomic E-state index is -0.0978. The van der Waals surface area contributed by atoms with Crippen molar-refractivity contribution in [2.45, 2.75) is 6.54 Å². The van der Waals surface area contributed by atoms with Gasteiger partial charge in [-0.1, -0.05) is 24.0 Å². The second-order valence-corrected chi connectivity index (χ2v) is 5.26. The van der Waals surface area contributed by atoms with Gasteiger partial charge in [-0.2, -0.15) is 0 Å². The van der Waals surface area contributed by atoms with Gasteiger partial charge in [-0.15, -0.1) is 11.3 Å². The molecule has 3 rings (SSSR count). The quantitative estimate of drug-likeness (QED) is 0.725. The van der Waals surface area contributed by atoms with Gasteiger partial charge in [-0.3, -0.25) is 0 Å². The number of hydrogen-bond donors (Lipinski definition) is 1. The molecule has 1 N–H and O–H groups in total. The Balaban J connectivity index is 1.87. The average molecular weight is 268 g/mol. The Labute approximate surface area is 115 Å². The van der Waals surface area contributed by atoms with E-state index in [4.69, 9.17) is 5.11 Å². The van der Waals surface area contributed by atoms with Gasteiger partial charge >= 0.3 is 0 Å². The van der Waals surface area contributed by atoms with Crippen LogP contribution in [0.5, 0.6) is 0 Å². The minimum absolute atomic E-state index is 0.0978. The third-order valence-electron chi connectivity index (χ3n) is 2.81. The Morgan fingerprint density at radius 2 is 2.11 bits per heavy atom. The third kappa shape index (κ3) is 2.53. The first kappa shape index (κ1) is 12.0. The van der Waals surface area contributed by atoms with E-state index < -0.39 is 0 Å². The second kappa shape index (κ2) is 5.27. The lowest BCUT2D eigenvalue weighted by molar-refractivity contribution is 0.350. The second-order valence-electron chi connectivity index (χ2n) is 4.09. The summed E-state index contributed by atoms with van der Waals surface area (Å²) in [6, 6.07) is 12.2. The van der Waals surface area contributed by atoms with Crippen molar-refractivity contribution in [2.75, 3.05) is 6.61 Å². The molecule has 0 radical (unpaired) electrons. The molecule has 0 atom stereocenters. The largest absolute Gasteiger partial charge is 0.384 e. The Kier molecular flexibility index (Phi) is 3.32. The fourth-order valence-corrected chi connectivity index (χ4v) is 2.84. The van der Waals surface area contributed by atoms with Crippen LogP contribution in [0.4, 0.5) is 0 Å². The van der Waals surface area contributed by atoms with Crippen molar-refractivity contribution in [3.05, 3.63) is 52.5 Å². The first-order valence-electron chi connectivity index (χ1n) is 5.95. The van der Waals surface area contributed by atoms with Crippen LogP contribution in [0.1, 0.15) is 9.75 Å². The lowest BCUT2D eigenvalue weighted by atomic mass is 10.3. The van der Waals surface area contributed by atoms with E-state index in [1.54, 1.807) is 11.3 Å². The number of benzene rings is 1. The highest BCUT2D eigenvalue weighted by atomic mass is 32.1. The Morgan fingerprint density at radius 3 is 3.00 bits per heavy atom. The van der Waals surface area contributed by atoms with Gasteiger partial charge in [0.15, 0.2) is 0 Å². The maximum absolute atomic E-state index is 8.68. The van der Waals surface area contributed by atoms with Crippen molar-refractivity contribution in [2.24, 2.45) is 0 Å². The van der Waals surface area contributed by atoms with Crippen molar-refractivity contribution in [3.8, 4) is 11.8 Å². The van der Waals surface area contributed by atoms with E-state index in [0.29, 0.717) is 0 Å². The van der Waals surface area contributed by atoms with Gasteiger partial charge in [0.25, 0.3) is 0 Å². The SMILES string of the molecule is OCC#Cc1ccc(Cn2cnc3ccccc32)s1. The van der Waals surface area contributed by atoms with E-state index in [2.05, 4.69) is 33.5 Å². The molecule has 1 aromatic carbocycles. The molecule has 94 valence electrons. The van der Waals surface area contributed by atoms with E-state index >= 15 is 0 Å². The fourth-order valence-electron chi connectivity index (χ4n) is 1.96. The Morgan fingerprint density at radius 1 is 1.21 bits per heavy atom. The van der Waals surface area contributed by atoms with Gasteiger partial charge in [0, 0.05) is 4.88 Å². The monoisotopic (exact) mass is 268 g/mol. The first-order chi connectivity index (χ1) is 9.36. The number of aliphatic hydroxyl groups excluding tert-OH is 1. The molecule has 19 heavy (non-hydrogen) atoms. The van der Waals surface area contributed by atoms with E-state index in [1.807, 2.05) is 30.6 Å². The molecule has 0 bridgehead atoms. The number of hydrogen-bond acceptors (Lipinski definition) is 3. The Hall–Kier alpha value is -2.09. The number of para-hydroxylation sites is 2. The number of nitrogens with zero attached hydrogens (tertiary/aromatic N) is 2. The maximum Gasteiger partial charge on any atom is 0.104 e. The standard InChI is InChI=1S/C15H12N2OS/c18-9-3-4-12-7-8-13(19-12)10-17-11-16-14-5-1-2-6-15(14)17/h1-2,5-8,11,18H,9-10H2. The summed E-state index contributed by atoms with van der Waals surface area (Å²) in [5, 5.41) is 8.68. The summed E-state index contributed by atoms with van der Waals surface area (Å²) >= 11 is 1.65. The van der Waals surface area contributed by atoms with Crippen LogP contribution in [0.25, 0.3) is 11.0 Å². The zero-order chi connectivity index (χ0) is 13.1. The number of aliphatic hydroxyl groups is 1. The van der Waals surface area contributed by atoms with Crippen LogP contribution in [0, 0.1) is 11.8 Å². The summed E-state index contributed by atoms with van der Waals surface area (Å²) in [7, 11) is 0. The predicted octanol–water partition coefficient (Wildman–Crippen LogP) is 2.49. The number of imidazole rings is 1. The number of fused-ring (bicyclic) bond motifs is 1. The van der Waals surface area contributed by atoms with Crippen LogP contribution in [0.2, 0.25) is 0 Å². The molecule has 3 aromatic rings. The molecule has 0 aliphatic carbocycles. The fraction of sp³-hybridized carbons (Fsp3) is 0.133. The highest BCUT2D eigenvalue weighted by molar-refractivity contribution is 7.12. The minimum Gasteiger partial charge on any atom is -0.384 e. The molecule has 0 saturated heterocycles. The van der Waals surface area contributed by atoms with E-state index in [9.17, 15) is 0 Å². The molecule has 2 heterocycles. The predicted molar refractivity (Wildman–Crippen MR) is 77.1 cm³/mol. The van der Waals surface area contributed by atoms with Gasteiger partial charge in [-0.05, 0) is 24.3 Å². The molecule has 0 saturated carbocycles. The molecule has 0 fully saturated rings. The van der Waals surface area contributed by atoms with Crippen LogP contribution in [-0.2, 0) is 6.54 Å². The molecular formula is C15H12N2OS. The number of rotatable bonds is 2. The molecule has 0 aliphatic rings. The van der Waals surface area contributed by atoms with E-state index in [1.165, 1.54) is 4.88 Å². The average Bonchev–Trinajstić information content (AvgIpc) is 3.05. The van der Waals surface area contributed by atoms with Crippen molar-refractivity contribution in [3.63, 3.8) is 0 Å². The van der Waals surface area contributed by atoms with Crippen LogP contribution in [0.3, 0.4) is 0 Å². The zero-order valence-electron chi connectivity index (χ0n) is 10.2. The lowest BCUT2D eigenvalue weighted by Gasteiger charge is -2.01. The van der Waals surface area contributed by atoms with E-state index in [0.717, 1.165) is 22.5 Å². The van der Waals surface area contributed by atoms with Crippen molar-refractivity contribution in [1.82, 2.24) is 9.55 Å². The summed E-state index contributed by atoms with van der Waals surface area (Å²) in [4.78, 5) is 6.59.